The first kappa shape index (κ1) is 9.32. The normalized spacial score (nSPS) is 10.4. The van der Waals surface area contributed by atoms with Crippen molar-refractivity contribution in [3.05, 3.63) is 28.0 Å². The number of hydrogen-bond donors (Lipinski definition) is 1. The number of rotatable bonds is 1. The van der Waals surface area contributed by atoms with E-state index >= 15 is 0 Å². The zero-order valence-corrected chi connectivity index (χ0v) is 8.52. The van der Waals surface area contributed by atoms with Crippen molar-refractivity contribution in [2.45, 2.75) is 6.42 Å². The van der Waals surface area contributed by atoms with Crippen LogP contribution in [0.5, 0.6) is 0 Å². The van der Waals surface area contributed by atoms with Gasteiger partial charge in [0, 0.05) is 5.02 Å². The zero-order valence-electron chi connectivity index (χ0n) is 7.01. The Morgan fingerprint density at radius 2 is 2.21 bits per heavy atom. The molecule has 1 aromatic heterocycles. The van der Waals surface area contributed by atoms with Crippen molar-refractivity contribution in [1.29, 1.82) is 5.26 Å². The Kier molecular flexibility index (Phi) is 2.32. The fraction of sp³-hybridized carbons (Fsp3) is 0.111. The number of aromatic amines is 1. The number of benzene rings is 1. The fourth-order valence-corrected chi connectivity index (χ4v) is 1.78. The van der Waals surface area contributed by atoms with Gasteiger partial charge >= 0.3 is 0 Å². The van der Waals surface area contributed by atoms with Crippen LogP contribution in [0.2, 0.25) is 10.0 Å². The highest BCUT2D eigenvalue weighted by Crippen LogP contribution is 2.26. The van der Waals surface area contributed by atoms with E-state index in [1.165, 1.54) is 0 Å². The molecule has 14 heavy (non-hydrogen) atoms. The quantitative estimate of drug-likeness (QED) is 0.812. The number of nitrogens with one attached hydrogen (secondary N) is 1. The minimum absolute atomic E-state index is 0.239. The van der Waals surface area contributed by atoms with E-state index in [1.807, 2.05) is 6.07 Å². The molecule has 0 bridgehead atoms. The summed E-state index contributed by atoms with van der Waals surface area (Å²) < 4.78 is 0. The second kappa shape index (κ2) is 3.49. The molecule has 0 aliphatic rings. The lowest BCUT2D eigenvalue weighted by atomic mass is 10.3. The summed E-state index contributed by atoms with van der Waals surface area (Å²) in [5.74, 6) is 0.603. The van der Waals surface area contributed by atoms with Crippen LogP contribution < -0.4 is 0 Å². The maximum absolute atomic E-state index is 8.50. The zero-order chi connectivity index (χ0) is 10.1. The lowest BCUT2D eigenvalue weighted by molar-refractivity contribution is 1.08. The van der Waals surface area contributed by atoms with Crippen LogP contribution >= 0.6 is 23.2 Å². The summed E-state index contributed by atoms with van der Waals surface area (Å²) >= 11 is 11.7. The molecule has 2 rings (SSSR count). The number of nitriles is 1. The molecule has 0 aliphatic heterocycles. The molecule has 3 nitrogen and oxygen atoms in total. The van der Waals surface area contributed by atoms with E-state index in [9.17, 15) is 0 Å². The summed E-state index contributed by atoms with van der Waals surface area (Å²) in [6.45, 7) is 0. The van der Waals surface area contributed by atoms with Gasteiger partial charge in [0.25, 0.3) is 0 Å². The van der Waals surface area contributed by atoms with Gasteiger partial charge in [0.15, 0.2) is 0 Å². The summed E-state index contributed by atoms with van der Waals surface area (Å²) in [6.07, 6.45) is 0.239. The molecule has 1 aromatic carbocycles. The first-order valence-electron chi connectivity index (χ1n) is 3.91. The highest BCUT2D eigenvalue weighted by atomic mass is 35.5. The molecule has 1 heterocycles. The Morgan fingerprint density at radius 1 is 1.43 bits per heavy atom. The number of nitrogens with zero attached hydrogens (tertiary/aromatic N) is 2. The molecule has 2 aromatic rings. The van der Waals surface area contributed by atoms with Gasteiger partial charge in [-0.15, -0.1) is 0 Å². The van der Waals surface area contributed by atoms with E-state index in [0.29, 0.717) is 21.4 Å². The molecule has 0 atom stereocenters. The summed E-state index contributed by atoms with van der Waals surface area (Å²) in [7, 11) is 0. The molecule has 0 amide bonds. The number of H-pyrrole nitrogens is 1. The molecule has 0 unspecified atom stereocenters. The molecule has 0 radical (unpaired) electrons. The van der Waals surface area contributed by atoms with Gasteiger partial charge in [-0.25, -0.2) is 4.98 Å². The first-order chi connectivity index (χ1) is 6.70. The smallest absolute Gasteiger partial charge is 0.121 e. The number of fused-ring (bicyclic) bond motifs is 1. The van der Waals surface area contributed by atoms with E-state index in [2.05, 4.69) is 9.97 Å². The summed E-state index contributed by atoms with van der Waals surface area (Å²) in [4.78, 5) is 7.14. The van der Waals surface area contributed by atoms with Crippen LogP contribution in [-0.4, -0.2) is 9.97 Å². The number of hydrogen-bond acceptors (Lipinski definition) is 2. The monoisotopic (exact) mass is 225 g/mol. The van der Waals surface area contributed by atoms with Gasteiger partial charge < -0.3 is 4.98 Å². The minimum Gasteiger partial charge on any atom is -0.340 e. The Balaban J connectivity index is 2.66. The Labute approximate surface area is 90.3 Å². The highest BCUT2D eigenvalue weighted by molar-refractivity contribution is 6.38. The molecular weight excluding hydrogens is 221 g/mol. The van der Waals surface area contributed by atoms with Crippen LogP contribution in [0, 0.1) is 11.3 Å². The van der Waals surface area contributed by atoms with Crippen molar-refractivity contribution < 1.29 is 0 Å². The van der Waals surface area contributed by atoms with Gasteiger partial charge in [0.2, 0.25) is 0 Å². The SMILES string of the molecule is N#CCc1nc2cc(Cl)cc(Cl)c2[nH]1. The van der Waals surface area contributed by atoms with Crippen LogP contribution in [0.15, 0.2) is 12.1 Å². The van der Waals surface area contributed by atoms with E-state index in [0.717, 1.165) is 5.52 Å². The van der Waals surface area contributed by atoms with Crippen molar-refractivity contribution in [3.8, 4) is 6.07 Å². The van der Waals surface area contributed by atoms with Crippen LogP contribution in [0.25, 0.3) is 11.0 Å². The first-order valence-corrected chi connectivity index (χ1v) is 4.67. The predicted octanol–water partition coefficient (Wildman–Crippen LogP) is 2.94. The fourth-order valence-electron chi connectivity index (χ4n) is 1.25. The van der Waals surface area contributed by atoms with Gasteiger partial charge in [-0.2, -0.15) is 5.26 Å². The largest absolute Gasteiger partial charge is 0.340 e. The molecular formula is C9H5Cl2N3. The van der Waals surface area contributed by atoms with E-state index < -0.39 is 0 Å². The standard InChI is InChI=1S/C9H5Cl2N3/c10-5-3-6(11)9-7(4-5)13-8(14-9)1-2-12/h3-4H,1H2,(H,13,14). The molecule has 0 saturated carbocycles. The molecule has 0 aliphatic carbocycles. The van der Waals surface area contributed by atoms with Crippen molar-refractivity contribution >= 4 is 34.2 Å². The van der Waals surface area contributed by atoms with Gasteiger partial charge in [0.05, 0.1) is 28.5 Å². The number of imidazole rings is 1. The van der Waals surface area contributed by atoms with Crippen molar-refractivity contribution in [3.63, 3.8) is 0 Å². The van der Waals surface area contributed by atoms with E-state index in [1.54, 1.807) is 12.1 Å². The minimum atomic E-state index is 0.239. The van der Waals surface area contributed by atoms with Crippen molar-refractivity contribution in [2.24, 2.45) is 0 Å². The van der Waals surface area contributed by atoms with E-state index in [-0.39, 0.29) is 6.42 Å². The van der Waals surface area contributed by atoms with Crippen LogP contribution in [-0.2, 0) is 6.42 Å². The van der Waals surface area contributed by atoms with Gasteiger partial charge in [0.1, 0.15) is 5.82 Å². The lowest BCUT2D eigenvalue weighted by Gasteiger charge is -1.92. The third kappa shape index (κ3) is 1.54. The van der Waals surface area contributed by atoms with Crippen LogP contribution in [0.3, 0.4) is 0 Å². The van der Waals surface area contributed by atoms with Gasteiger partial charge in [-0.1, -0.05) is 23.2 Å². The number of aromatic nitrogens is 2. The van der Waals surface area contributed by atoms with Gasteiger partial charge in [-0.3, -0.25) is 0 Å². The maximum atomic E-state index is 8.50. The Hall–Kier alpha value is -1.24. The summed E-state index contributed by atoms with van der Waals surface area (Å²) in [6, 6.07) is 5.36. The third-order valence-electron chi connectivity index (χ3n) is 1.81. The maximum Gasteiger partial charge on any atom is 0.121 e. The second-order valence-corrected chi connectivity index (χ2v) is 3.64. The average molecular weight is 226 g/mol. The predicted molar refractivity (Wildman–Crippen MR) is 55.4 cm³/mol. The molecule has 1 N–H and O–H groups in total. The molecule has 0 spiro atoms. The Morgan fingerprint density at radius 3 is 2.93 bits per heavy atom. The lowest BCUT2D eigenvalue weighted by Crippen LogP contribution is -1.82. The number of halogens is 2. The highest BCUT2D eigenvalue weighted by Gasteiger charge is 2.06. The van der Waals surface area contributed by atoms with Crippen molar-refractivity contribution in [2.75, 3.05) is 0 Å². The molecule has 0 fully saturated rings. The van der Waals surface area contributed by atoms with Gasteiger partial charge in [-0.05, 0) is 12.1 Å². The Bertz CT molecular complexity index is 525. The summed E-state index contributed by atoms with van der Waals surface area (Å²) in [5, 5.41) is 9.56. The third-order valence-corrected chi connectivity index (χ3v) is 2.32. The second-order valence-electron chi connectivity index (χ2n) is 2.80. The molecule has 0 saturated heterocycles. The molecule has 70 valence electrons. The van der Waals surface area contributed by atoms with E-state index in [4.69, 9.17) is 28.5 Å². The summed E-state index contributed by atoms with van der Waals surface area (Å²) in [5.41, 5.74) is 1.41. The topological polar surface area (TPSA) is 52.5 Å². The van der Waals surface area contributed by atoms with Crippen LogP contribution in [0.4, 0.5) is 0 Å². The van der Waals surface area contributed by atoms with Crippen molar-refractivity contribution in [1.82, 2.24) is 9.97 Å². The average Bonchev–Trinajstić information content (AvgIpc) is 2.48. The molecule has 5 heteroatoms. The van der Waals surface area contributed by atoms with Crippen LogP contribution in [0.1, 0.15) is 5.82 Å².